The largest absolute Gasteiger partial charge is 0.462 e. The number of likely N-dealkylation sites (tertiary alicyclic amines) is 1. The Balaban J connectivity index is 1.57. The molecular weight excluding hydrogens is 318 g/mol. The lowest BCUT2D eigenvalue weighted by molar-refractivity contribution is -0.145. The van der Waals surface area contributed by atoms with E-state index in [-0.39, 0.29) is 41.2 Å². The summed E-state index contributed by atoms with van der Waals surface area (Å²) in [5.74, 6) is 0.418. The number of aliphatic hydroxyl groups excluding tert-OH is 2. The highest BCUT2D eigenvalue weighted by Gasteiger charge is 2.60. The van der Waals surface area contributed by atoms with Gasteiger partial charge in [-0.3, -0.25) is 4.79 Å². The highest BCUT2D eigenvalue weighted by atomic mass is 16.6. The van der Waals surface area contributed by atoms with Crippen molar-refractivity contribution in [3.8, 4) is 0 Å². The molecule has 2 aliphatic heterocycles. The van der Waals surface area contributed by atoms with Crippen LogP contribution in [0, 0.1) is 29.1 Å². The molecule has 2 heterocycles. The van der Waals surface area contributed by atoms with Crippen LogP contribution in [0.2, 0.25) is 0 Å². The van der Waals surface area contributed by atoms with Crippen LogP contribution in [0.25, 0.3) is 0 Å². The average Bonchev–Trinajstić information content (AvgIpc) is 2.91. The molecule has 0 radical (unpaired) electrons. The first kappa shape index (κ1) is 17.7. The second-order valence-electron chi connectivity index (χ2n) is 9.37. The number of piperidine rings is 1. The summed E-state index contributed by atoms with van der Waals surface area (Å²) in [5, 5.41) is 21.2. The minimum atomic E-state index is -0.486. The number of carbonyl (C=O) groups excluding carboxylic acids is 1. The zero-order valence-electron chi connectivity index (χ0n) is 15.6. The fourth-order valence-electron chi connectivity index (χ4n) is 6.51. The van der Waals surface area contributed by atoms with Crippen LogP contribution < -0.4 is 0 Å². The van der Waals surface area contributed by atoms with Crippen molar-refractivity contribution in [3.63, 3.8) is 0 Å². The SMILES string of the molecule is C[C@@H]1C[C@@H]2OC(=O)[C@@H](CN3CCCCC3)[C@H]2C[C@@]2(C)[C@H]1[C@@H](O)C[C@H]2O. The van der Waals surface area contributed by atoms with Crippen LogP contribution in [0.1, 0.15) is 52.4 Å². The lowest BCUT2D eigenvalue weighted by Gasteiger charge is -2.38. The Bertz CT molecular complexity index is 520. The minimum absolute atomic E-state index is 0.0390. The molecule has 8 atom stereocenters. The molecule has 25 heavy (non-hydrogen) atoms. The van der Waals surface area contributed by atoms with Crippen molar-refractivity contribution >= 4 is 5.97 Å². The monoisotopic (exact) mass is 351 g/mol. The number of nitrogens with zero attached hydrogens (tertiary/aromatic N) is 1. The molecule has 0 spiro atoms. The van der Waals surface area contributed by atoms with Gasteiger partial charge in [0.05, 0.1) is 18.1 Å². The van der Waals surface area contributed by atoms with Crippen molar-refractivity contribution in [2.24, 2.45) is 29.1 Å². The average molecular weight is 351 g/mol. The van der Waals surface area contributed by atoms with Crippen LogP contribution in [0.4, 0.5) is 0 Å². The van der Waals surface area contributed by atoms with Crippen LogP contribution in [-0.4, -0.2) is 59.0 Å². The molecule has 5 heteroatoms. The van der Waals surface area contributed by atoms with Crippen molar-refractivity contribution in [1.82, 2.24) is 4.90 Å². The number of esters is 1. The highest BCUT2D eigenvalue weighted by molar-refractivity contribution is 5.75. The van der Waals surface area contributed by atoms with Crippen LogP contribution in [0.3, 0.4) is 0 Å². The summed E-state index contributed by atoms with van der Waals surface area (Å²) >= 11 is 0. The van der Waals surface area contributed by atoms with E-state index in [1.165, 1.54) is 19.3 Å². The highest BCUT2D eigenvalue weighted by Crippen LogP contribution is 2.57. The van der Waals surface area contributed by atoms with Crippen molar-refractivity contribution < 1.29 is 19.7 Å². The fourth-order valence-corrected chi connectivity index (χ4v) is 6.51. The topological polar surface area (TPSA) is 70.0 Å². The summed E-state index contributed by atoms with van der Waals surface area (Å²) in [4.78, 5) is 15.0. The first-order valence-electron chi connectivity index (χ1n) is 10.2. The molecule has 4 fully saturated rings. The molecule has 0 amide bonds. The molecule has 5 nitrogen and oxygen atoms in total. The van der Waals surface area contributed by atoms with Gasteiger partial charge < -0.3 is 19.8 Å². The number of aliphatic hydroxyl groups is 2. The van der Waals surface area contributed by atoms with Gasteiger partial charge in [-0.25, -0.2) is 0 Å². The van der Waals surface area contributed by atoms with E-state index in [2.05, 4.69) is 18.7 Å². The maximum Gasteiger partial charge on any atom is 0.310 e. The predicted octanol–water partition coefficient (Wildman–Crippen LogP) is 1.81. The van der Waals surface area contributed by atoms with Gasteiger partial charge in [0.15, 0.2) is 0 Å². The molecule has 2 saturated heterocycles. The van der Waals surface area contributed by atoms with Gasteiger partial charge in [-0.2, -0.15) is 0 Å². The maximum atomic E-state index is 12.6. The number of ether oxygens (including phenoxy) is 1. The summed E-state index contributed by atoms with van der Waals surface area (Å²) in [5.41, 5.74) is -0.313. The molecule has 4 aliphatic rings. The Labute approximate surface area is 150 Å². The Morgan fingerprint density at radius 3 is 2.64 bits per heavy atom. The van der Waals surface area contributed by atoms with Gasteiger partial charge in [-0.15, -0.1) is 0 Å². The second kappa shape index (κ2) is 6.50. The number of carbonyl (C=O) groups is 1. The maximum absolute atomic E-state index is 12.6. The summed E-state index contributed by atoms with van der Waals surface area (Å²) in [6.07, 6.45) is 4.83. The smallest absolute Gasteiger partial charge is 0.310 e. The van der Waals surface area contributed by atoms with Gasteiger partial charge >= 0.3 is 5.97 Å². The molecule has 142 valence electrons. The molecule has 0 unspecified atom stereocenters. The van der Waals surface area contributed by atoms with Crippen molar-refractivity contribution in [1.29, 1.82) is 0 Å². The summed E-state index contributed by atoms with van der Waals surface area (Å²) < 4.78 is 5.82. The van der Waals surface area contributed by atoms with Gasteiger partial charge in [0, 0.05) is 18.9 Å². The van der Waals surface area contributed by atoms with Gasteiger partial charge in [0.25, 0.3) is 0 Å². The first-order chi connectivity index (χ1) is 11.9. The molecular formula is C20H33NO4. The van der Waals surface area contributed by atoms with Crippen LogP contribution in [0.5, 0.6) is 0 Å². The first-order valence-corrected chi connectivity index (χ1v) is 10.2. The molecule has 2 N–H and O–H groups in total. The van der Waals surface area contributed by atoms with E-state index < -0.39 is 12.2 Å². The molecule has 0 aromatic carbocycles. The van der Waals surface area contributed by atoms with E-state index in [4.69, 9.17) is 4.74 Å². The van der Waals surface area contributed by atoms with Crippen molar-refractivity contribution in [2.75, 3.05) is 19.6 Å². The number of hydrogen-bond acceptors (Lipinski definition) is 5. The van der Waals surface area contributed by atoms with Gasteiger partial charge in [-0.1, -0.05) is 20.3 Å². The minimum Gasteiger partial charge on any atom is -0.462 e. The lowest BCUT2D eigenvalue weighted by Crippen LogP contribution is -2.41. The third kappa shape index (κ3) is 2.92. The second-order valence-corrected chi connectivity index (χ2v) is 9.37. The molecule has 0 bridgehead atoms. The van der Waals surface area contributed by atoms with E-state index >= 15 is 0 Å². The third-order valence-electron chi connectivity index (χ3n) is 7.76. The van der Waals surface area contributed by atoms with Gasteiger partial charge in [-0.05, 0) is 56.0 Å². The van der Waals surface area contributed by atoms with Gasteiger partial charge in [0.2, 0.25) is 0 Å². The van der Waals surface area contributed by atoms with Crippen LogP contribution >= 0.6 is 0 Å². The molecule has 2 saturated carbocycles. The quantitative estimate of drug-likeness (QED) is 0.743. The van der Waals surface area contributed by atoms with Gasteiger partial charge in [0.1, 0.15) is 6.10 Å². The van der Waals surface area contributed by atoms with E-state index in [0.29, 0.717) is 6.42 Å². The number of hydrogen-bond donors (Lipinski definition) is 2. The van der Waals surface area contributed by atoms with E-state index in [9.17, 15) is 15.0 Å². The lowest BCUT2D eigenvalue weighted by atomic mass is 9.68. The Morgan fingerprint density at radius 2 is 1.92 bits per heavy atom. The molecule has 0 aromatic heterocycles. The summed E-state index contributed by atoms with van der Waals surface area (Å²) in [6.45, 7) is 7.24. The summed E-state index contributed by atoms with van der Waals surface area (Å²) in [6, 6.07) is 0. The van der Waals surface area contributed by atoms with Crippen molar-refractivity contribution in [2.45, 2.75) is 70.7 Å². The zero-order valence-corrected chi connectivity index (χ0v) is 15.6. The van der Waals surface area contributed by atoms with Crippen LogP contribution in [0.15, 0.2) is 0 Å². The Hall–Kier alpha value is -0.650. The molecule has 0 aromatic rings. The van der Waals surface area contributed by atoms with Crippen molar-refractivity contribution in [3.05, 3.63) is 0 Å². The van der Waals surface area contributed by atoms with E-state index in [1.807, 2.05) is 0 Å². The van der Waals surface area contributed by atoms with E-state index in [1.54, 1.807) is 0 Å². The number of rotatable bonds is 2. The van der Waals surface area contributed by atoms with Crippen LogP contribution in [-0.2, 0) is 9.53 Å². The molecule has 4 rings (SSSR count). The summed E-state index contributed by atoms with van der Waals surface area (Å²) in [7, 11) is 0. The third-order valence-corrected chi connectivity index (χ3v) is 7.76. The standard InChI is InChI=1S/C20H33NO4/c1-12-8-16-13(10-20(2)17(23)9-15(22)18(12)20)14(19(24)25-16)11-21-6-4-3-5-7-21/h12-18,22-23H,3-11H2,1-2H3/t12-,13-,14+,15+,16+,17-,18-,20-/m1/s1. The molecule has 2 aliphatic carbocycles. The number of fused-ring (bicyclic) bond motifs is 2. The Morgan fingerprint density at radius 1 is 1.20 bits per heavy atom. The zero-order chi connectivity index (χ0) is 17.8. The normalized spacial score (nSPS) is 50.9. The fraction of sp³-hybridized carbons (Fsp3) is 0.950. The van der Waals surface area contributed by atoms with E-state index in [0.717, 1.165) is 32.5 Å². The predicted molar refractivity (Wildman–Crippen MR) is 93.8 cm³/mol. The Kier molecular flexibility index (Phi) is 4.62.